The highest BCUT2D eigenvalue weighted by Crippen LogP contribution is 2.24. The Bertz CT molecular complexity index is 870. The Labute approximate surface area is 159 Å². The summed E-state index contributed by atoms with van der Waals surface area (Å²) >= 11 is 0. The largest absolute Gasteiger partial charge is 0.344 e. The number of carbonyl (C=O) groups is 1. The third-order valence-electron chi connectivity index (χ3n) is 4.48. The van der Waals surface area contributed by atoms with Gasteiger partial charge in [-0.3, -0.25) is 4.79 Å². The Kier molecular flexibility index (Phi) is 6.01. The quantitative estimate of drug-likeness (QED) is 0.671. The van der Waals surface area contributed by atoms with Gasteiger partial charge in [-0.25, -0.2) is 0 Å². The molecule has 1 aromatic heterocycles. The summed E-state index contributed by atoms with van der Waals surface area (Å²) in [6, 6.07) is 17.6. The van der Waals surface area contributed by atoms with Crippen LogP contribution in [-0.4, -0.2) is 16.0 Å². The number of rotatable bonds is 7. The molecule has 1 amide bonds. The normalized spacial score (nSPS) is 12.1. The van der Waals surface area contributed by atoms with E-state index in [9.17, 15) is 4.79 Å². The molecule has 0 fully saturated rings. The van der Waals surface area contributed by atoms with Gasteiger partial charge in [-0.2, -0.15) is 4.98 Å². The van der Waals surface area contributed by atoms with Crippen LogP contribution in [0.2, 0.25) is 0 Å². The number of benzene rings is 2. The number of hydrogen-bond donors (Lipinski definition) is 1. The lowest BCUT2D eigenvalue weighted by atomic mass is 10.0. The molecule has 0 aliphatic heterocycles. The van der Waals surface area contributed by atoms with Gasteiger partial charge in [0.2, 0.25) is 17.6 Å². The van der Waals surface area contributed by atoms with E-state index in [1.54, 1.807) is 0 Å². The number of amides is 1. The Morgan fingerprint density at radius 1 is 1.07 bits per heavy atom. The van der Waals surface area contributed by atoms with Gasteiger partial charge in [0, 0.05) is 12.0 Å². The minimum atomic E-state index is -0.306. The molecule has 1 heterocycles. The first-order chi connectivity index (χ1) is 13.0. The molecule has 27 heavy (non-hydrogen) atoms. The lowest BCUT2D eigenvalue weighted by molar-refractivity contribution is -0.122. The lowest BCUT2D eigenvalue weighted by Gasteiger charge is -2.18. The third-order valence-corrected chi connectivity index (χ3v) is 4.48. The molecule has 0 saturated heterocycles. The van der Waals surface area contributed by atoms with Crippen LogP contribution < -0.4 is 5.32 Å². The lowest BCUT2D eigenvalue weighted by Crippen LogP contribution is -2.32. The topological polar surface area (TPSA) is 68.0 Å². The van der Waals surface area contributed by atoms with Crippen molar-refractivity contribution in [2.24, 2.45) is 5.92 Å². The average Bonchev–Trinajstić information content (AvgIpc) is 3.15. The first-order valence-electron chi connectivity index (χ1n) is 9.27. The summed E-state index contributed by atoms with van der Waals surface area (Å²) in [5.74, 6) is 1.09. The van der Waals surface area contributed by atoms with Gasteiger partial charge in [0.25, 0.3) is 0 Å². The maximum Gasteiger partial charge on any atom is 0.249 e. The Morgan fingerprint density at radius 3 is 2.44 bits per heavy atom. The Morgan fingerprint density at radius 2 is 1.78 bits per heavy atom. The highest BCUT2D eigenvalue weighted by Gasteiger charge is 2.24. The zero-order valence-electron chi connectivity index (χ0n) is 16.0. The van der Waals surface area contributed by atoms with Gasteiger partial charge >= 0.3 is 0 Å². The van der Waals surface area contributed by atoms with Crippen molar-refractivity contribution in [1.82, 2.24) is 15.5 Å². The molecule has 2 aromatic carbocycles. The Balaban J connectivity index is 1.66. The molecule has 140 valence electrons. The number of aromatic nitrogens is 2. The summed E-state index contributed by atoms with van der Waals surface area (Å²) in [6.45, 7) is 6.08. The fourth-order valence-electron chi connectivity index (χ4n) is 2.84. The average molecular weight is 363 g/mol. The van der Waals surface area contributed by atoms with E-state index >= 15 is 0 Å². The third kappa shape index (κ3) is 5.03. The van der Waals surface area contributed by atoms with Gasteiger partial charge in [0.1, 0.15) is 6.04 Å². The van der Waals surface area contributed by atoms with Crippen molar-refractivity contribution in [3.63, 3.8) is 0 Å². The maximum absolute atomic E-state index is 12.4. The zero-order valence-corrected chi connectivity index (χ0v) is 16.0. The minimum Gasteiger partial charge on any atom is -0.344 e. The van der Waals surface area contributed by atoms with Crippen LogP contribution >= 0.6 is 0 Å². The van der Waals surface area contributed by atoms with E-state index in [0.29, 0.717) is 24.6 Å². The number of carbonyl (C=O) groups excluding carboxylic acids is 1. The van der Waals surface area contributed by atoms with Crippen molar-refractivity contribution in [2.75, 3.05) is 0 Å². The van der Waals surface area contributed by atoms with E-state index < -0.39 is 0 Å². The molecule has 0 aliphatic rings. The van der Waals surface area contributed by atoms with Crippen LogP contribution in [0.15, 0.2) is 59.1 Å². The number of hydrogen-bond acceptors (Lipinski definition) is 4. The number of nitrogens with zero attached hydrogens (tertiary/aromatic N) is 2. The molecule has 0 spiro atoms. The smallest absolute Gasteiger partial charge is 0.249 e. The molecular formula is C22H25N3O2. The van der Waals surface area contributed by atoms with Gasteiger partial charge in [-0.15, -0.1) is 0 Å². The molecule has 1 atom stereocenters. The fraction of sp³-hybridized carbons (Fsp3) is 0.318. The van der Waals surface area contributed by atoms with Crippen molar-refractivity contribution in [3.05, 3.63) is 71.6 Å². The van der Waals surface area contributed by atoms with Gasteiger partial charge in [-0.1, -0.05) is 79.2 Å². The van der Waals surface area contributed by atoms with Crippen LogP contribution in [0.4, 0.5) is 0 Å². The second-order valence-electron chi connectivity index (χ2n) is 7.10. The van der Waals surface area contributed by atoms with Crippen molar-refractivity contribution in [2.45, 2.75) is 39.7 Å². The molecule has 0 aliphatic carbocycles. The second kappa shape index (κ2) is 8.62. The van der Waals surface area contributed by atoms with E-state index in [1.165, 1.54) is 5.56 Å². The van der Waals surface area contributed by atoms with Crippen LogP contribution in [0.3, 0.4) is 0 Å². The summed E-state index contributed by atoms with van der Waals surface area (Å²) in [5, 5.41) is 7.12. The molecule has 0 bridgehead atoms. The minimum absolute atomic E-state index is 0.0207. The van der Waals surface area contributed by atoms with Crippen LogP contribution in [0, 0.1) is 12.8 Å². The monoisotopic (exact) mass is 363 g/mol. The number of aryl methyl sites for hydroxylation is 2. The van der Waals surface area contributed by atoms with E-state index in [1.807, 2.05) is 75.4 Å². The summed E-state index contributed by atoms with van der Waals surface area (Å²) in [5.41, 5.74) is 3.22. The fourth-order valence-corrected chi connectivity index (χ4v) is 2.84. The summed E-state index contributed by atoms with van der Waals surface area (Å²) in [6.07, 6.45) is 1.13. The van der Waals surface area contributed by atoms with Crippen LogP contribution in [0.5, 0.6) is 0 Å². The van der Waals surface area contributed by atoms with E-state index in [4.69, 9.17) is 4.52 Å². The molecule has 1 N–H and O–H groups in total. The predicted octanol–water partition coefficient (Wildman–Crippen LogP) is 4.49. The van der Waals surface area contributed by atoms with Crippen LogP contribution in [0.25, 0.3) is 11.4 Å². The molecule has 0 saturated carbocycles. The standard InChI is InChI=1S/C22H25N3O2/c1-15(2)20(23-19(26)14-11-17-7-5-4-6-8-17)22-24-21(25-27-22)18-12-9-16(3)10-13-18/h4-10,12-13,15,20H,11,14H2,1-3H3,(H,23,26)/t20-/m0/s1. The highest BCUT2D eigenvalue weighted by atomic mass is 16.5. The highest BCUT2D eigenvalue weighted by molar-refractivity contribution is 5.76. The second-order valence-corrected chi connectivity index (χ2v) is 7.10. The molecule has 5 heteroatoms. The first kappa shape index (κ1) is 18.8. The van der Waals surface area contributed by atoms with Crippen LogP contribution in [-0.2, 0) is 11.2 Å². The van der Waals surface area contributed by atoms with Crippen molar-refractivity contribution in [1.29, 1.82) is 0 Å². The molecular weight excluding hydrogens is 338 g/mol. The zero-order chi connectivity index (χ0) is 19.2. The van der Waals surface area contributed by atoms with Gasteiger partial charge < -0.3 is 9.84 Å². The van der Waals surface area contributed by atoms with Crippen molar-refractivity contribution >= 4 is 5.91 Å². The van der Waals surface area contributed by atoms with Crippen molar-refractivity contribution < 1.29 is 9.32 Å². The molecule has 0 radical (unpaired) electrons. The van der Waals surface area contributed by atoms with E-state index in [2.05, 4.69) is 15.5 Å². The molecule has 0 unspecified atom stereocenters. The molecule has 3 aromatic rings. The molecule has 3 rings (SSSR count). The summed E-state index contributed by atoms with van der Waals surface area (Å²) < 4.78 is 5.46. The summed E-state index contributed by atoms with van der Waals surface area (Å²) in [7, 11) is 0. The van der Waals surface area contributed by atoms with Gasteiger partial charge in [0.05, 0.1) is 0 Å². The van der Waals surface area contributed by atoms with Gasteiger partial charge in [0.15, 0.2) is 0 Å². The summed E-state index contributed by atoms with van der Waals surface area (Å²) in [4.78, 5) is 16.9. The SMILES string of the molecule is Cc1ccc(-c2noc([C@@H](NC(=O)CCc3ccccc3)C(C)C)n2)cc1. The van der Waals surface area contributed by atoms with E-state index in [-0.39, 0.29) is 17.9 Å². The Hall–Kier alpha value is -2.95. The number of nitrogens with one attached hydrogen (secondary N) is 1. The van der Waals surface area contributed by atoms with Gasteiger partial charge in [-0.05, 0) is 24.8 Å². The van der Waals surface area contributed by atoms with E-state index in [0.717, 1.165) is 11.1 Å². The van der Waals surface area contributed by atoms with Crippen LogP contribution in [0.1, 0.15) is 43.3 Å². The van der Waals surface area contributed by atoms with Crippen molar-refractivity contribution in [3.8, 4) is 11.4 Å². The predicted molar refractivity (Wildman–Crippen MR) is 105 cm³/mol. The first-order valence-corrected chi connectivity index (χ1v) is 9.27. The maximum atomic E-state index is 12.4. The molecule has 5 nitrogen and oxygen atoms in total.